The molecule has 1 fully saturated rings. The Morgan fingerprint density at radius 1 is 1.35 bits per heavy atom. The van der Waals surface area contributed by atoms with E-state index in [1.807, 2.05) is 10.9 Å². The van der Waals surface area contributed by atoms with Gasteiger partial charge in [-0.05, 0) is 26.7 Å². The van der Waals surface area contributed by atoms with Gasteiger partial charge in [-0.2, -0.15) is 5.10 Å². The highest BCUT2D eigenvalue weighted by Gasteiger charge is 2.28. The number of hydrogen-bond donors (Lipinski definition) is 1. The van der Waals surface area contributed by atoms with Crippen molar-refractivity contribution >= 4 is 0 Å². The molecule has 1 N–H and O–H groups in total. The van der Waals surface area contributed by atoms with Crippen molar-refractivity contribution in [1.82, 2.24) is 29.9 Å². The highest BCUT2D eigenvalue weighted by molar-refractivity contribution is 5.10. The standard InChI is InChI=1S/C16H26N6O/c1-3-21-12-18-20-15(21)10-17-8-13-6-5-7-23-16(13)14-9-19-22(4-2)11-14/h9,11-13,16-17H,3-8,10H2,1-2H3/t13-,16+/m0/s1. The molecular weight excluding hydrogens is 292 g/mol. The number of aryl methyl sites for hydroxylation is 2. The summed E-state index contributed by atoms with van der Waals surface area (Å²) in [5.41, 5.74) is 1.19. The van der Waals surface area contributed by atoms with E-state index in [4.69, 9.17) is 4.74 Å². The van der Waals surface area contributed by atoms with Crippen LogP contribution in [-0.4, -0.2) is 37.7 Å². The van der Waals surface area contributed by atoms with E-state index in [2.05, 4.69) is 45.2 Å². The molecule has 23 heavy (non-hydrogen) atoms. The first kappa shape index (κ1) is 16.1. The van der Waals surface area contributed by atoms with Crippen molar-refractivity contribution < 1.29 is 4.74 Å². The molecule has 7 heteroatoms. The summed E-state index contributed by atoms with van der Waals surface area (Å²) in [5.74, 6) is 1.45. The fraction of sp³-hybridized carbons (Fsp3) is 0.688. The van der Waals surface area contributed by atoms with Crippen LogP contribution in [0.25, 0.3) is 0 Å². The maximum absolute atomic E-state index is 6.04. The van der Waals surface area contributed by atoms with E-state index in [1.165, 1.54) is 12.0 Å². The predicted octanol–water partition coefficient (Wildman–Crippen LogP) is 1.77. The number of hydrogen-bond acceptors (Lipinski definition) is 5. The van der Waals surface area contributed by atoms with Crippen LogP contribution in [0.1, 0.15) is 44.2 Å². The van der Waals surface area contributed by atoms with Crippen molar-refractivity contribution in [2.24, 2.45) is 5.92 Å². The second-order valence-electron chi connectivity index (χ2n) is 5.99. The van der Waals surface area contributed by atoms with Gasteiger partial charge in [-0.25, -0.2) is 0 Å². The van der Waals surface area contributed by atoms with Crippen LogP contribution in [-0.2, 0) is 24.4 Å². The van der Waals surface area contributed by atoms with Gasteiger partial charge in [0.2, 0.25) is 0 Å². The number of nitrogens with zero attached hydrogens (tertiary/aromatic N) is 5. The van der Waals surface area contributed by atoms with E-state index >= 15 is 0 Å². The van der Waals surface area contributed by atoms with Crippen LogP contribution in [0.5, 0.6) is 0 Å². The maximum atomic E-state index is 6.04. The Bertz CT molecular complexity index is 607. The molecule has 1 aliphatic rings. The van der Waals surface area contributed by atoms with E-state index in [9.17, 15) is 0 Å². The topological polar surface area (TPSA) is 69.8 Å². The lowest BCUT2D eigenvalue weighted by molar-refractivity contribution is -0.0279. The predicted molar refractivity (Wildman–Crippen MR) is 86.7 cm³/mol. The molecule has 2 aromatic rings. The van der Waals surface area contributed by atoms with Gasteiger partial charge in [0.1, 0.15) is 12.2 Å². The van der Waals surface area contributed by atoms with Crippen molar-refractivity contribution in [3.63, 3.8) is 0 Å². The quantitative estimate of drug-likeness (QED) is 0.842. The van der Waals surface area contributed by atoms with E-state index in [0.717, 1.165) is 45.0 Å². The summed E-state index contributed by atoms with van der Waals surface area (Å²) in [7, 11) is 0. The number of nitrogens with one attached hydrogen (secondary N) is 1. The molecule has 1 aliphatic heterocycles. The highest BCUT2D eigenvalue weighted by Crippen LogP contribution is 2.33. The van der Waals surface area contributed by atoms with E-state index in [0.29, 0.717) is 5.92 Å². The zero-order chi connectivity index (χ0) is 16.1. The third-order valence-corrected chi connectivity index (χ3v) is 4.48. The van der Waals surface area contributed by atoms with Crippen molar-refractivity contribution in [2.75, 3.05) is 13.2 Å². The lowest BCUT2D eigenvalue weighted by atomic mass is 9.91. The molecule has 2 aromatic heterocycles. The van der Waals surface area contributed by atoms with Crippen LogP contribution in [0.2, 0.25) is 0 Å². The van der Waals surface area contributed by atoms with Gasteiger partial charge in [-0.1, -0.05) is 0 Å². The second-order valence-corrected chi connectivity index (χ2v) is 5.99. The molecule has 0 amide bonds. The van der Waals surface area contributed by atoms with Crippen LogP contribution in [0, 0.1) is 5.92 Å². The zero-order valence-corrected chi connectivity index (χ0v) is 14.0. The van der Waals surface area contributed by atoms with Gasteiger partial charge in [0.25, 0.3) is 0 Å². The van der Waals surface area contributed by atoms with Gasteiger partial charge in [0.05, 0.1) is 18.8 Å². The van der Waals surface area contributed by atoms with Gasteiger partial charge < -0.3 is 14.6 Å². The molecule has 0 aliphatic carbocycles. The Balaban J connectivity index is 1.58. The summed E-state index contributed by atoms with van der Waals surface area (Å²) in [6, 6.07) is 0. The van der Waals surface area contributed by atoms with Gasteiger partial charge in [-0.3, -0.25) is 4.68 Å². The molecule has 2 atom stereocenters. The normalized spacial score (nSPS) is 21.7. The molecule has 0 radical (unpaired) electrons. The first-order valence-electron chi connectivity index (χ1n) is 8.53. The largest absolute Gasteiger partial charge is 0.373 e. The lowest BCUT2D eigenvalue weighted by Gasteiger charge is -2.31. The Morgan fingerprint density at radius 3 is 3.04 bits per heavy atom. The van der Waals surface area contributed by atoms with Crippen LogP contribution in [0.15, 0.2) is 18.7 Å². The third kappa shape index (κ3) is 3.79. The van der Waals surface area contributed by atoms with E-state index in [-0.39, 0.29) is 6.10 Å². The van der Waals surface area contributed by atoms with Crippen LogP contribution in [0.3, 0.4) is 0 Å². The number of aromatic nitrogens is 5. The summed E-state index contributed by atoms with van der Waals surface area (Å²) in [5, 5.41) is 16.0. The van der Waals surface area contributed by atoms with Gasteiger partial charge >= 0.3 is 0 Å². The van der Waals surface area contributed by atoms with Gasteiger partial charge in [0, 0.05) is 43.9 Å². The molecule has 3 heterocycles. The average molecular weight is 318 g/mol. The molecule has 0 spiro atoms. The minimum absolute atomic E-state index is 0.139. The van der Waals surface area contributed by atoms with E-state index < -0.39 is 0 Å². The number of rotatable bonds is 7. The molecule has 1 saturated heterocycles. The van der Waals surface area contributed by atoms with Crippen molar-refractivity contribution in [3.8, 4) is 0 Å². The Labute approximate surface area is 137 Å². The molecule has 3 rings (SSSR count). The summed E-state index contributed by atoms with van der Waals surface area (Å²) in [4.78, 5) is 0. The summed E-state index contributed by atoms with van der Waals surface area (Å²) in [6.07, 6.45) is 8.27. The first-order chi connectivity index (χ1) is 11.3. The molecular formula is C16H26N6O. The fourth-order valence-electron chi connectivity index (χ4n) is 3.17. The minimum Gasteiger partial charge on any atom is -0.373 e. The zero-order valence-electron chi connectivity index (χ0n) is 14.0. The summed E-state index contributed by atoms with van der Waals surface area (Å²) in [6.45, 7) is 8.48. The minimum atomic E-state index is 0.139. The van der Waals surface area contributed by atoms with Crippen molar-refractivity contribution in [2.45, 2.75) is 52.4 Å². The lowest BCUT2D eigenvalue weighted by Crippen LogP contribution is -2.32. The SMILES string of the molecule is CCn1cc([C@@H]2OCCC[C@H]2CNCc2nncn2CC)cn1. The monoisotopic (exact) mass is 318 g/mol. The van der Waals surface area contributed by atoms with E-state index in [1.54, 1.807) is 6.33 Å². The molecule has 0 unspecified atom stereocenters. The third-order valence-electron chi connectivity index (χ3n) is 4.48. The molecule has 0 aromatic carbocycles. The van der Waals surface area contributed by atoms with Gasteiger partial charge in [-0.15, -0.1) is 10.2 Å². The van der Waals surface area contributed by atoms with Crippen LogP contribution < -0.4 is 5.32 Å². The second kappa shape index (κ2) is 7.70. The Morgan fingerprint density at radius 2 is 2.26 bits per heavy atom. The number of ether oxygens (including phenoxy) is 1. The van der Waals surface area contributed by atoms with Crippen molar-refractivity contribution in [1.29, 1.82) is 0 Å². The molecule has 0 saturated carbocycles. The highest BCUT2D eigenvalue weighted by atomic mass is 16.5. The average Bonchev–Trinajstić information content (AvgIpc) is 3.24. The molecule has 0 bridgehead atoms. The maximum Gasteiger partial charge on any atom is 0.146 e. The Kier molecular flexibility index (Phi) is 5.40. The van der Waals surface area contributed by atoms with Gasteiger partial charge in [0.15, 0.2) is 0 Å². The van der Waals surface area contributed by atoms with Crippen LogP contribution in [0.4, 0.5) is 0 Å². The molecule has 7 nitrogen and oxygen atoms in total. The van der Waals surface area contributed by atoms with Crippen molar-refractivity contribution in [3.05, 3.63) is 30.1 Å². The summed E-state index contributed by atoms with van der Waals surface area (Å²) >= 11 is 0. The fourth-order valence-corrected chi connectivity index (χ4v) is 3.17. The summed E-state index contributed by atoms with van der Waals surface area (Å²) < 4.78 is 10.1. The van der Waals surface area contributed by atoms with Crippen LogP contribution >= 0.6 is 0 Å². The first-order valence-corrected chi connectivity index (χ1v) is 8.53. The molecule has 126 valence electrons. The Hall–Kier alpha value is -1.73. The smallest absolute Gasteiger partial charge is 0.146 e.